The van der Waals surface area contributed by atoms with Gasteiger partial charge in [0.25, 0.3) is 0 Å². The fourth-order valence-corrected chi connectivity index (χ4v) is 3.54. The first-order chi connectivity index (χ1) is 13.5. The van der Waals surface area contributed by atoms with Gasteiger partial charge in [-0.05, 0) is 30.7 Å². The molecule has 0 aliphatic carbocycles. The Balaban J connectivity index is 2.45. The summed E-state index contributed by atoms with van der Waals surface area (Å²) >= 11 is 0. The lowest BCUT2D eigenvalue weighted by Gasteiger charge is -2.29. The van der Waals surface area contributed by atoms with Gasteiger partial charge in [-0.2, -0.15) is 4.72 Å². The van der Waals surface area contributed by atoms with E-state index in [0.717, 1.165) is 18.4 Å². The molecule has 0 radical (unpaired) electrons. The van der Waals surface area contributed by atoms with Crippen LogP contribution in [0.1, 0.15) is 22.8 Å². The molecule has 1 amide bonds. The molecule has 156 valence electrons. The number of pyridine rings is 1. The number of hydrogen-bond donors (Lipinski definition) is 2. The van der Waals surface area contributed by atoms with Crippen LogP contribution in [0, 0.1) is 5.82 Å². The summed E-state index contributed by atoms with van der Waals surface area (Å²) in [6.45, 7) is 1.33. The fraction of sp³-hybridized carbons (Fsp3) is 0.278. The summed E-state index contributed by atoms with van der Waals surface area (Å²) in [6, 6.07) is 6.07. The number of halogens is 1. The normalized spacial score (nSPS) is 13.3. The van der Waals surface area contributed by atoms with Crippen molar-refractivity contribution < 1.29 is 31.9 Å². The van der Waals surface area contributed by atoms with Crippen LogP contribution in [-0.2, 0) is 25.1 Å². The Morgan fingerprint density at radius 1 is 1.17 bits per heavy atom. The smallest absolute Gasteiger partial charge is 0.343 e. The minimum absolute atomic E-state index is 0.00888. The molecule has 0 fully saturated rings. The van der Waals surface area contributed by atoms with Gasteiger partial charge < -0.3 is 14.8 Å². The number of anilines is 1. The number of nitrogens with zero attached hydrogens (tertiary/aromatic N) is 1. The average molecular weight is 425 g/mol. The highest BCUT2D eigenvalue weighted by Gasteiger charge is 2.38. The molecule has 2 N–H and O–H groups in total. The van der Waals surface area contributed by atoms with Gasteiger partial charge in [0.1, 0.15) is 16.9 Å². The molecule has 2 rings (SSSR count). The molecule has 1 heterocycles. The van der Waals surface area contributed by atoms with Crippen molar-refractivity contribution in [2.45, 2.75) is 12.5 Å². The molecule has 29 heavy (non-hydrogen) atoms. The number of ether oxygens (including phenoxy) is 2. The summed E-state index contributed by atoms with van der Waals surface area (Å²) in [4.78, 5) is 28.8. The molecule has 0 spiro atoms. The van der Waals surface area contributed by atoms with Gasteiger partial charge in [0.05, 0.1) is 32.4 Å². The summed E-state index contributed by atoms with van der Waals surface area (Å²) in [5.74, 6) is -2.07. The second kappa shape index (κ2) is 8.53. The lowest BCUT2D eigenvalue weighted by atomic mass is 9.92. The van der Waals surface area contributed by atoms with Crippen LogP contribution >= 0.6 is 0 Å². The van der Waals surface area contributed by atoms with E-state index < -0.39 is 33.3 Å². The first kappa shape index (κ1) is 22.2. The Hall–Kier alpha value is -3.05. The monoisotopic (exact) mass is 425 g/mol. The highest BCUT2D eigenvalue weighted by Crippen LogP contribution is 2.26. The summed E-state index contributed by atoms with van der Waals surface area (Å²) in [7, 11) is -1.34. The van der Waals surface area contributed by atoms with Crippen LogP contribution < -0.4 is 14.8 Å². The van der Waals surface area contributed by atoms with E-state index in [0.29, 0.717) is 0 Å². The summed E-state index contributed by atoms with van der Waals surface area (Å²) in [5.41, 5.74) is -1.50. The van der Waals surface area contributed by atoms with Crippen LogP contribution in [0.5, 0.6) is 5.88 Å². The number of hydrogen-bond acceptors (Lipinski definition) is 7. The van der Waals surface area contributed by atoms with Crippen molar-refractivity contribution in [3.63, 3.8) is 0 Å². The third-order valence-electron chi connectivity index (χ3n) is 3.97. The number of carbonyl (C=O) groups excluding carboxylic acids is 2. The van der Waals surface area contributed by atoms with Gasteiger partial charge >= 0.3 is 5.97 Å². The van der Waals surface area contributed by atoms with Crippen LogP contribution in [0.3, 0.4) is 0 Å². The molecule has 1 aromatic heterocycles. The van der Waals surface area contributed by atoms with Gasteiger partial charge in [-0.25, -0.2) is 22.6 Å². The molecule has 1 atom stereocenters. The molecular formula is C18H20FN3O6S. The van der Waals surface area contributed by atoms with E-state index in [2.05, 4.69) is 19.8 Å². The number of amides is 1. The molecule has 11 heteroatoms. The standard InChI is InChI=1S/C18H20FN3O6S/c1-18(22-29(4,25)26,11-5-7-12(19)8-6-11)17(24)21-13-9-14(16(23)28-3)15(27-2)20-10-13/h5-10,22H,1-4H3,(H,21,24)/t18-/m1/s1. The van der Waals surface area contributed by atoms with Gasteiger partial charge in [0.2, 0.25) is 21.8 Å². The predicted molar refractivity (Wildman–Crippen MR) is 102 cm³/mol. The van der Waals surface area contributed by atoms with E-state index in [1.165, 1.54) is 45.5 Å². The second-order valence-electron chi connectivity index (χ2n) is 6.23. The minimum Gasteiger partial charge on any atom is -0.480 e. The van der Waals surface area contributed by atoms with Crippen LogP contribution in [0.2, 0.25) is 0 Å². The van der Waals surface area contributed by atoms with E-state index in [-0.39, 0.29) is 22.7 Å². The highest BCUT2D eigenvalue weighted by molar-refractivity contribution is 7.88. The van der Waals surface area contributed by atoms with Gasteiger partial charge in [0, 0.05) is 0 Å². The van der Waals surface area contributed by atoms with Crippen molar-refractivity contribution in [1.82, 2.24) is 9.71 Å². The number of carbonyl (C=O) groups is 2. The zero-order valence-corrected chi connectivity index (χ0v) is 17.0. The maximum absolute atomic E-state index is 13.3. The quantitative estimate of drug-likeness (QED) is 0.643. The summed E-state index contributed by atoms with van der Waals surface area (Å²) in [6.07, 6.45) is 2.13. The van der Waals surface area contributed by atoms with Gasteiger partial charge in [0.15, 0.2) is 0 Å². The van der Waals surface area contributed by atoms with Gasteiger partial charge in [-0.15, -0.1) is 0 Å². The Morgan fingerprint density at radius 3 is 2.31 bits per heavy atom. The van der Waals surface area contributed by atoms with E-state index in [1.807, 2.05) is 0 Å². The number of aromatic nitrogens is 1. The first-order valence-corrected chi connectivity index (χ1v) is 10.1. The maximum atomic E-state index is 13.3. The van der Waals surface area contributed by atoms with Crippen molar-refractivity contribution >= 4 is 27.6 Å². The van der Waals surface area contributed by atoms with Crippen LogP contribution in [-0.4, -0.2) is 45.8 Å². The van der Waals surface area contributed by atoms with Crippen LogP contribution in [0.15, 0.2) is 36.5 Å². The Morgan fingerprint density at radius 2 is 1.79 bits per heavy atom. The number of sulfonamides is 1. The van der Waals surface area contributed by atoms with Crippen LogP contribution in [0.4, 0.5) is 10.1 Å². The molecule has 1 aromatic carbocycles. The third kappa shape index (κ3) is 5.27. The first-order valence-electron chi connectivity index (χ1n) is 8.19. The third-order valence-corrected chi connectivity index (χ3v) is 4.75. The predicted octanol–water partition coefficient (Wildman–Crippen LogP) is 1.42. The lowest BCUT2D eigenvalue weighted by molar-refractivity contribution is -0.121. The van der Waals surface area contributed by atoms with Crippen molar-refractivity contribution in [1.29, 1.82) is 0 Å². The topological polar surface area (TPSA) is 124 Å². The van der Waals surface area contributed by atoms with Crippen molar-refractivity contribution in [2.75, 3.05) is 25.8 Å². The molecular weight excluding hydrogens is 405 g/mol. The van der Waals surface area contributed by atoms with Crippen molar-refractivity contribution in [3.05, 3.63) is 53.5 Å². The van der Waals surface area contributed by atoms with E-state index in [1.54, 1.807) is 0 Å². The van der Waals surface area contributed by atoms with E-state index >= 15 is 0 Å². The zero-order valence-electron chi connectivity index (χ0n) is 16.1. The highest BCUT2D eigenvalue weighted by atomic mass is 32.2. The van der Waals surface area contributed by atoms with Gasteiger partial charge in [-0.1, -0.05) is 12.1 Å². The molecule has 0 saturated heterocycles. The second-order valence-corrected chi connectivity index (χ2v) is 7.98. The molecule has 0 aliphatic heterocycles. The lowest BCUT2D eigenvalue weighted by Crippen LogP contribution is -2.51. The van der Waals surface area contributed by atoms with E-state index in [9.17, 15) is 22.4 Å². The minimum atomic E-state index is -3.83. The number of nitrogens with one attached hydrogen (secondary N) is 2. The van der Waals surface area contributed by atoms with Crippen LogP contribution in [0.25, 0.3) is 0 Å². The molecule has 0 saturated carbocycles. The van der Waals surface area contributed by atoms with E-state index in [4.69, 9.17) is 4.74 Å². The number of benzene rings is 1. The Kier molecular flexibility index (Phi) is 6.55. The number of rotatable bonds is 7. The Bertz CT molecular complexity index is 1030. The molecule has 2 aromatic rings. The number of esters is 1. The molecule has 0 aliphatic rings. The Labute approximate surface area is 167 Å². The van der Waals surface area contributed by atoms with Crippen molar-refractivity contribution in [2.24, 2.45) is 0 Å². The fourth-order valence-electron chi connectivity index (χ4n) is 2.59. The number of methoxy groups -OCH3 is 2. The molecule has 9 nitrogen and oxygen atoms in total. The summed E-state index contributed by atoms with van der Waals surface area (Å²) in [5, 5.41) is 2.50. The van der Waals surface area contributed by atoms with Crippen molar-refractivity contribution in [3.8, 4) is 5.88 Å². The molecule has 0 unspecified atom stereocenters. The zero-order chi connectivity index (χ0) is 21.8. The maximum Gasteiger partial charge on any atom is 0.343 e. The average Bonchev–Trinajstić information content (AvgIpc) is 2.66. The summed E-state index contributed by atoms with van der Waals surface area (Å²) < 4.78 is 48.9. The molecule has 0 bridgehead atoms. The van der Waals surface area contributed by atoms with Gasteiger partial charge in [-0.3, -0.25) is 4.79 Å². The SMILES string of the molecule is COC(=O)c1cc(NC(=O)[C@](C)(NS(C)(=O)=O)c2ccc(F)cc2)cnc1OC. The largest absolute Gasteiger partial charge is 0.480 e.